The van der Waals surface area contributed by atoms with E-state index in [1.54, 1.807) is 135 Å². The molecule has 11 rings (SSSR count). The van der Waals surface area contributed by atoms with E-state index in [9.17, 15) is 47.9 Å². The van der Waals surface area contributed by atoms with Gasteiger partial charge >= 0.3 is 24.4 Å². The first-order valence-electron chi connectivity index (χ1n) is 35.3. The number of nitrogen functional groups attached to an aromatic ring is 1. The van der Waals surface area contributed by atoms with Crippen molar-refractivity contribution in [2.75, 3.05) is 16.4 Å². The number of carbonyl (C=O) groups excluding carboxylic acids is 7. The summed E-state index contributed by atoms with van der Waals surface area (Å²) < 4.78 is 24.8. The molecular formula is C79H93N18O14Pd-. The molecule has 32 nitrogen and oxygen atoms in total. The van der Waals surface area contributed by atoms with Crippen molar-refractivity contribution in [2.45, 2.75) is 169 Å². The van der Waals surface area contributed by atoms with E-state index in [-0.39, 0.29) is 106 Å². The van der Waals surface area contributed by atoms with Gasteiger partial charge in [-0.15, -0.1) is 0 Å². The second kappa shape index (κ2) is 38.7. The summed E-state index contributed by atoms with van der Waals surface area (Å²) in [6.45, 7) is 16.9. The number of amides is 7. The minimum absolute atomic E-state index is 0. The van der Waals surface area contributed by atoms with Crippen molar-refractivity contribution in [3.63, 3.8) is 0 Å². The molecule has 5 aromatic carbocycles. The number of ether oxygens (including phenoxy) is 4. The molecule has 6 heterocycles. The summed E-state index contributed by atoms with van der Waals surface area (Å²) in [6.07, 6.45) is 4.13. The van der Waals surface area contributed by atoms with E-state index in [1.807, 2.05) is 60.7 Å². The average Bonchev–Trinajstić information content (AvgIpc) is 1.64. The molecule has 13 N–H and O–H groups in total. The number of anilines is 3. The molecule has 0 spiro atoms. The molecule has 0 aliphatic carbocycles. The summed E-state index contributed by atoms with van der Waals surface area (Å²) in [5, 5.41) is 45.5. The predicted molar refractivity (Wildman–Crippen MR) is 416 cm³/mol. The van der Waals surface area contributed by atoms with Crippen LogP contribution < -0.4 is 64.9 Å². The zero-order chi connectivity index (χ0) is 79.6. The van der Waals surface area contributed by atoms with Crippen molar-refractivity contribution in [1.82, 2.24) is 60.6 Å². The quantitative estimate of drug-likeness (QED) is 0.0125. The van der Waals surface area contributed by atoms with Gasteiger partial charge in [-0.25, -0.2) is 34.1 Å². The molecule has 0 saturated carbocycles. The number of alkyl carbamates (subject to hydrolysis) is 3. The third kappa shape index (κ3) is 24.8. The summed E-state index contributed by atoms with van der Waals surface area (Å²) in [7, 11) is 0. The van der Waals surface area contributed by atoms with Gasteiger partial charge in [-0.1, -0.05) is 133 Å². The van der Waals surface area contributed by atoms with Crippen LogP contribution in [-0.2, 0) is 106 Å². The van der Waals surface area contributed by atoms with Gasteiger partial charge in [-0.2, -0.15) is 0 Å². The van der Waals surface area contributed by atoms with Crippen LogP contribution in [0.1, 0.15) is 162 Å². The van der Waals surface area contributed by atoms with Gasteiger partial charge in [0, 0.05) is 82.6 Å². The number of nitrogens with one attached hydrogen (secondary N) is 11. The molecular weight excluding hydrogens is 1530 g/mol. The minimum atomic E-state index is -0.801. The first-order valence-corrected chi connectivity index (χ1v) is 35.3. The zero-order valence-corrected chi connectivity index (χ0v) is 65.3. The van der Waals surface area contributed by atoms with E-state index in [2.05, 4.69) is 57.5 Å². The van der Waals surface area contributed by atoms with Crippen LogP contribution in [0.2, 0.25) is 0 Å². The Morgan fingerprint density at radius 1 is 0.429 bits per heavy atom. The van der Waals surface area contributed by atoms with Crippen molar-refractivity contribution in [2.24, 2.45) is 0 Å². The van der Waals surface area contributed by atoms with Crippen molar-refractivity contribution in [1.29, 1.82) is 16.2 Å². The van der Waals surface area contributed by atoms with Crippen LogP contribution in [0.25, 0.3) is 0 Å². The largest absolute Gasteiger partial charge is 0.444 e. The van der Waals surface area contributed by atoms with Gasteiger partial charge in [0.15, 0.2) is 0 Å². The summed E-state index contributed by atoms with van der Waals surface area (Å²) in [6, 6.07) is 37.3. The van der Waals surface area contributed by atoms with Gasteiger partial charge in [0.25, 0.3) is 16.7 Å². The van der Waals surface area contributed by atoms with Crippen LogP contribution in [0, 0.1) is 23.7 Å². The molecule has 594 valence electrons. The summed E-state index contributed by atoms with van der Waals surface area (Å²) in [5.41, 5.74) is 8.42. The van der Waals surface area contributed by atoms with Crippen LogP contribution in [0.5, 0.6) is 0 Å². The number of hydrogen-bond donors (Lipinski definition) is 12. The zero-order valence-electron chi connectivity index (χ0n) is 63.7. The number of rotatable bonds is 18. The van der Waals surface area contributed by atoms with Gasteiger partial charge in [-0.05, 0) is 109 Å². The van der Waals surface area contributed by atoms with Gasteiger partial charge in [-0.3, -0.25) is 80.0 Å². The summed E-state index contributed by atoms with van der Waals surface area (Å²) in [5.74, 6) is 0.433. The molecule has 0 unspecified atom stereocenters. The normalized spacial score (nSPS) is 14.2. The van der Waals surface area contributed by atoms with E-state index in [0.29, 0.717) is 84.9 Å². The molecule has 0 saturated heterocycles. The number of hydrogen-bond acceptors (Lipinski definition) is 22. The third-order valence-corrected chi connectivity index (χ3v) is 16.8. The van der Waals surface area contributed by atoms with Crippen molar-refractivity contribution in [3.05, 3.63) is 253 Å². The van der Waals surface area contributed by atoms with Gasteiger partial charge in [0.1, 0.15) is 93.6 Å². The first-order chi connectivity index (χ1) is 52.1. The molecule has 3 aliphatic heterocycles. The first kappa shape index (κ1) is 86.7. The maximum atomic E-state index is 13.1. The standard InChI is InChI=1S/C29H32N6O6.C28H32N6O4.C21H26N6O4.CH3.Pd/c1-29(2,3)41-28(39)34-24(30)20-11-9-18(10-12-20)15-32-25(36)22-13-14-23-31-16-21(26(37)35(22)23)33-27(38)40-17-19-7-5-4-6-8-19;1-28(2,3)38-27(37)33-24(29)20-11-9-19(10-12-20)16-32-25(35)22-13-14-23-31-17-21(26(36)34(22)23)30-15-18-7-5-4-6-8-18;1-21(2,3)31-20(30)26-17(23)13-6-4-12(5-7-13)10-25-18(28)15-8-9-16-24-11-14(22)19(29)27(15)16;;/h4-12,16,22H,13-15,17H2,1-3H3,(H,32,36)(H,33,38)(H2,30,34,39);4-12,17,22,30H,13-16H2,1-3H3,(H,32,35)(H2,29,33,37);4-7,11,15H,8-10,22H2,1-3H3,(H,25,28)(H2,23,26,30);1H3;/q;;;-1;/t2*22-;15-;;/m000../s1. The molecule has 0 radical (unpaired) electrons. The van der Waals surface area contributed by atoms with Crippen LogP contribution in [0.4, 0.5) is 36.2 Å². The Kier molecular flexibility index (Phi) is 30.0. The third-order valence-electron chi connectivity index (χ3n) is 16.8. The Bertz CT molecular complexity index is 4920. The molecule has 8 aromatic rings. The Labute approximate surface area is 660 Å². The SMILES string of the molecule is CC(C)(C)OC(=O)NC(=N)c1ccc(CNC(=O)[C@@H]2CCc3ncc(N)c(=O)n32)cc1.CC(C)(C)OC(=O)NC(=N)c1ccc(CNC(=O)[C@@H]2CCc3ncc(NC(=O)OCc4ccccc4)c(=O)n32)cc1.CC(C)(C)OC(=O)NC(=N)c1ccc(CNC(=O)[C@@H]2CCc3ncc(NCc4ccccc4)c(=O)n32)cc1.[CH3-].[Pd]. The Morgan fingerprint density at radius 2 is 0.741 bits per heavy atom. The number of amidine groups is 3. The van der Waals surface area contributed by atoms with Crippen LogP contribution in [0.3, 0.4) is 0 Å². The maximum absolute atomic E-state index is 13.1. The number of nitrogens with two attached hydrogens (primary N) is 1. The number of carbonyl (C=O) groups is 7. The smallest absolute Gasteiger partial charge is 0.413 e. The molecule has 0 bridgehead atoms. The van der Waals surface area contributed by atoms with E-state index in [4.69, 9.17) is 40.9 Å². The molecule has 112 heavy (non-hydrogen) atoms. The molecule has 7 amide bonds. The van der Waals surface area contributed by atoms with E-state index in [1.165, 1.54) is 32.3 Å². The summed E-state index contributed by atoms with van der Waals surface area (Å²) in [4.78, 5) is 138. The molecule has 3 atom stereocenters. The fraction of sp³-hybridized carbons (Fsp3) is 0.329. The van der Waals surface area contributed by atoms with E-state index >= 15 is 0 Å². The van der Waals surface area contributed by atoms with Crippen LogP contribution in [-0.4, -0.2) is 105 Å². The number of fused-ring (bicyclic) bond motifs is 3. The Morgan fingerprint density at radius 3 is 1.10 bits per heavy atom. The number of aromatic nitrogens is 6. The van der Waals surface area contributed by atoms with Gasteiger partial charge in [0.05, 0.1) is 18.6 Å². The fourth-order valence-corrected chi connectivity index (χ4v) is 11.6. The second-order valence-electron chi connectivity index (χ2n) is 28.8. The molecule has 3 aromatic heterocycles. The van der Waals surface area contributed by atoms with Crippen LogP contribution in [0.15, 0.2) is 166 Å². The monoisotopic (exact) mass is 1620 g/mol. The molecule has 33 heteroatoms. The number of aryl methyl sites for hydroxylation is 3. The maximum Gasteiger partial charge on any atom is 0.413 e. The molecule has 3 aliphatic rings. The van der Waals surface area contributed by atoms with Crippen molar-refractivity contribution < 1.29 is 72.9 Å². The van der Waals surface area contributed by atoms with E-state index in [0.717, 1.165) is 27.8 Å². The van der Waals surface area contributed by atoms with Crippen molar-refractivity contribution >= 4 is 76.7 Å². The number of benzene rings is 5. The van der Waals surface area contributed by atoms with Gasteiger partial charge < -0.3 is 53.4 Å². The topological polar surface area (TPSA) is 455 Å². The number of nitrogens with zero attached hydrogens (tertiary/aromatic N) is 6. The van der Waals surface area contributed by atoms with E-state index < -0.39 is 70.4 Å². The summed E-state index contributed by atoms with van der Waals surface area (Å²) >= 11 is 0. The van der Waals surface area contributed by atoms with Crippen LogP contribution >= 0.6 is 0 Å². The Balaban J connectivity index is 0.000000233. The fourth-order valence-electron chi connectivity index (χ4n) is 11.6. The van der Waals surface area contributed by atoms with Gasteiger partial charge in [0.2, 0.25) is 17.7 Å². The average molecular weight is 1630 g/mol. The minimum Gasteiger partial charge on any atom is -0.444 e. The predicted octanol–water partition coefficient (Wildman–Crippen LogP) is 9.08. The van der Waals surface area contributed by atoms with Crippen molar-refractivity contribution in [3.8, 4) is 0 Å². The Hall–Kier alpha value is -12.5. The molecule has 0 fully saturated rings. The second-order valence-corrected chi connectivity index (χ2v) is 28.8.